The first-order valence-electron chi connectivity index (χ1n) is 5.69. The fourth-order valence-electron chi connectivity index (χ4n) is 1.91. The molecule has 0 aliphatic rings. The van der Waals surface area contributed by atoms with Crippen LogP contribution in [0.25, 0.3) is 0 Å². The molecule has 96 valence electrons. The van der Waals surface area contributed by atoms with E-state index in [0.717, 1.165) is 6.17 Å². The van der Waals surface area contributed by atoms with Gasteiger partial charge in [0.2, 0.25) is 0 Å². The fourth-order valence-corrected chi connectivity index (χ4v) is 15.0. The minimum atomic E-state index is -1.22. The monoisotopic (exact) mass is 277 g/mol. The van der Waals surface area contributed by atoms with Gasteiger partial charge >= 0.3 is 0 Å². The van der Waals surface area contributed by atoms with Gasteiger partial charge in [0.1, 0.15) is 31.9 Å². The van der Waals surface area contributed by atoms with E-state index in [2.05, 4.69) is 43.5 Å². The summed E-state index contributed by atoms with van der Waals surface area (Å²) in [5, 5.41) is 0. The molecule has 0 atom stereocenters. The highest BCUT2D eigenvalue weighted by Crippen LogP contribution is 2.18. The van der Waals surface area contributed by atoms with E-state index in [1.807, 2.05) is 0 Å². The molecule has 0 bridgehead atoms. The zero-order valence-electron chi connectivity index (χ0n) is 12.0. The lowest BCUT2D eigenvalue weighted by molar-refractivity contribution is -0.0443. The Labute approximate surface area is 106 Å². The summed E-state index contributed by atoms with van der Waals surface area (Å²) in [5.74, 6) is -0.0322. The maximum absolute atomic E-state index is 5.27. The van der Waals surface area contributed by atoms with E-state index < -0.39 is 16.5 Å². The predicted octanol–water partition coefficient (Wildman–Crippen LogP) is 2.20. The normalized spacial score (nSPS) is 13.9. The molecule has 0 N–H and O–H groups in total. The summed E-state index contributed by atoms with van der Waals surface area (Å²) >= 11 is 0. The van der Waals surface area contributed by atoms with Gasteiger partial charge in [0.05, 0.1) is 0 Å². The van der Waals surface area contributed by atoms with Crippen molar-refractivity contribution >= 4 is 26.0 Å². The Hall–Kier alpha value is 0.531. The summed E-state index contributed by atoms with van der Waals surface area (Å²) in [6.07, 6.45) is 1.12. The lowest BCUT2D eigenvalue weighted by Crippen LogP contribution is -2.61. The third kappa shape index (κ3) is 5.74. The molecule has 0 saturated heterocycles. The molecule has 0 spiro atoms. The molecule has 0 saturated carbocycles. The SMILES string of the molecule is COC(OC)[Si]CN([Si](C)(C)C)[Si](C)(C)C. The summed E-state index contributed by atoms with van der Waals surface area (Å²) in [4.78, 5) is 0. The van der Waals surface area contributed by atoms with E-state index in [9.17, 15) is 0 Å². The van der Waals surface area contributed by atoms with Crippen molar-refractivity contribution in [3.8, 4) is 0 Å². The second kappa shape index (κ2) is 6.46. The zero-order valence-corrected chi connectivity index (χ0v) is 15.0. The van der Waals surface area contributed by atoms with Crippen molar-refractivity contribution in [2.45, 2.75) is 45.2 Å². The number of hydrogen-bond acceptors (Lipinski definition) is 3. The summed E-state index contributed by atoms with van der Waals surface area (Å²) in [6.45, 7) is 14.5. The molecule has 0 aliphatic heterocycles. The zero-order chi connectivity index (χ0) is 13.0. The molecule has 3 nitrogen and oxygen atoms in total. The molecule has 0 aromatic carbocycles. The highest BCUT2D eigenvalue weighted by atomic mass is 28.4. The Morgan fingerprint density at radius 1 is 0.938 bits per heavy atom. The molecule has 2 radical (unpaired) electrons. The Morgan fingerprint density at radius 3 is 1.56 bits per heavy atom. The van der Waals surface area contributed by atoms with Crippen LogP contribution in [0.2, 0.25) is 39.3 Å². The Morgan fingerprint density at radius 2 is 1.31 bits per heavy atom. The molecule has 0 amide bonds. The predicted molar refractivity (Wildman–Crippen MR) is 77.0 cm³/mol. The fraction of sp³-hybridized carbons (Fsp3) is 1.00. The van der Waals surface area contributed by atoms with Gasteiger partial charge in [-0.3, -0.25) is 0 Å². The molecular formula is C10H27NO2Si3. The van der Waals surface area contributed by atoms with Gasteiger partial charge < -0.3 is 13.7 Å². The van der Waals surface area contributed by atoms with Crippen LogP contribution in [-0.4, -0.2) is 56.5 Å². The van der Waals surface area contributed by atoms with E-state index >= 15 is 0 Å². The Bertz CT molecular complexity index is 183. The van der Waals surface area contributed by atoms with Gasteiger partial charge in [-0.15, -0.1) is 0 Å². The minimum Gasteiger partial charge on any atom is -0.360 e. The smallest absolute Gasteiger partial charge is 0.137 e. The third-order valence-corrected chi connectivity index (χ3v) is 12.0. The van der Waals surface area contributed by atoms with Crippen LogP contribution in [0.3, 0.4) is 0 Å². The molecule has 0 rings (SSSR count). The van der Waals surface area contributed by atoms with Gasteiger partial charge in [-0.2, -0.15) is 0 Å². The van der Waals surface area contributed by atoms with Gasteiger partial charge in [-0.25, -0.2) is 0 Å². The van der Waals surface area contributed by atoms with Crippen molar-refractivity contribution in [2.75, 3.05) is 20.4 Å². The van der Waals surface area contributed by atoms with Crippen LogP contribution in [0.15, 0.2) is 0 Å². The molecule has 0 heterocycles. The highest BCUT2D eigenvalue weighted by molar-refractivity contribution is 6.90. The van der Waals surface area contributed by atoms with E-state index in [4.69, 9.17) is 9.47 Å². The van der Waals surface area contributed by atoms with Crippen molar-refractivity contribution in [3.63, 3.8) is 0 Å². The molecule has 16 heavy (non-hydrogen) atoms. The third-order valence-electron chi connectivity index (χ3n) is 2.46. The van der Waals surface area contributed by atoms with E-state index in [-0.39, 0.29) is 5.91 Å². The summed E-state index contributed by atoms with van der Waals surface area (Å²) in [5.41, 5.74) is 0. The summed E-state index contributed by atoms with van der Waals surface area (Å²) in [6, 6.07) is 0. The molecule has 0 aliphatic carbocycles. The maximum atomic E-state index is 5.27. The van der Waals surface area contributed by atoms with Crippen LogP contribution in [0.4, 0.5) is 0 Å². The number of methoxy groups -OCH3 is 2. The lowest BCUT2D eigenvalue weighted by atomic mass is 11.3. The first-order chi connectivity index (χ1) is 7.12. The largest absolute Gasteiger partial charge is 0.360 e. The molecule has 0 fully saturated rings. The van der Waals surface area contributed by atoms with Gasteiger partial charge in [0.25, 0.3) is 0 Å². The average molecular weight is 278 g/mol. The first kappa shape index (κ1) is 16.5. The van der Waals surface area contributed by atoms with Crippen LogP contribution in [0.5, 0.6) is 0 Å². The minimum absolute atomic E-state index is 0.0322. The topological polar surface area (TPSA) is 21.7 Å². The first-order valence-corrected chi connectivity index (χ1v) is 13.9. The Kier molecular flexibility index (Phi) is 6.67. The van der Waals surface area contributed by atoms with Crippen LogP contribution in [0, 0.1) is 0 Å². The standard InChI is InChI=1S/C10H27NO2Si3/c1-12-10(13-2)14-9-11(15(3,4)5)16(6,7)8/h10H,9H2,1-8H3. The maximum Gasteiger partial charge on any atom is 0.137 e. The van der Waals surface area contributed by atoms with Gasteiger partial charge in [0, 0.05) is 14.2 Å². The number of nitrogens with zero attached hydrogens (tertiary/aromatic N) is 1. The van der Waals surface area contributed by atoms with Crippen LogP contribution >= 0.6 is 0 Å². The van der Waals surface area contributed by atoms with Crippen molar-refractivity contribution in [3.05, 3.63) is 0 Å². The molecule has 0 aromatic heterocycles. The van der Waals surface area contributed by atoms with Crippen molar-refractivity contribution in [1.82, 2.24) is 4.23 Å². The summed E-state index contributed by atoms with van der Waals surface area (Å²) < 4.78 is 13.3. The highest BCUT2D eigenvalue weighted by Gasteiger charge is 2.34. The van der Waals surface area contributed by atoms with E-state index in [1.54, 1.807) is 14.2 Å². The van der Waals surface area contributed by atoms with Gasteiger partial charge in [-0.1, -0.05) is 39.3 Å². The second-order valence-electron chi connectivity index (χ2n) is 5.94. The average Bonchev–Trinajstić information content (AvgIpc) is 2.08. The summed E-state index contributed by atoms with van der Waals surface area (Å²) in [7, 11) is 1.69. The van der Waals surface area contributed by atoms with Gasteiger partial charge in [0.15, 0.2) is 0 Å². The van der Waals surface area contributed by atoms with Crippen molar-refractivity contribution in [1.29, 1.82) is 0 Å². The van der Waals surface area contributed by atoms with Crippen molar-refractivity contribution in [2.24, 2.45) is 0 Å². The quantitative estimate of drug-likeness (QED) is 0.526. The van der Waals surface area contributed by atoms with Crippen LogP contribution in [0.1, 0.15) is 0 Å². The molecule has 0 unspecified atom stereocenters. The van der Waals surface area contributed by atoms with E-state index in [1.165, 1.54) is 0 Å². The molecular weight excluding hydrogens is 250 g/mol. The van der Waals surface area contributed by atoms with Crippen LogP contribution in [-0.2, 0) is 9.47 Å². The van der Waals surface area contributed by atoms with Gasteiger partial charge in [-0.05, 0) is 6.17 Å². The second-order valence-corrected chi connectivity index (χ2v) is 17.3. The number of ether oxygens (including phenoxy) is 2. The number of hydrogen-bond donors (Lipinski definition) is 0. The molecule has 6 heteroatoms. The lowest BCUT2D eigenvalue weighted by Gasteiger charge is -2.43. The van der Waals surface area contributed by atoms with Crippen molar-refractivity contribution < 1.29 is 9.47 Å². The Balaban J connectivity index is 4.47. The molecule has 0 aromatic rings. The van der Waals surface area contributed by atoms with E-state index in [0.29, 0.717) is 9.52 Å². The number of rotatable bonds is 7. The van der Waals surface area contributed by atoms with Crippen LogP contribution < -0.4 is 0 Å².